The first-order valence-electron chi connectivity index (χ1n) is 17.5. The Morgan fingerprint density at radius 3 is 1.62 bits per heavy atom. The van der Waals surface area contributed by atoms with Crippen LogP contribution in [0.5, 0.6) is 0 Å². The Balaban J connectivity index is 0.000000122. The molecule has 270 valence electrons. The minimum atomic E-state index is -0.375. The molecule has 3 aromatic heterocycles. The van der Waals surface area contributed by atoms with Crippen LogP contribution in [0.25, 0.3) is 0 Å². The molecule has 52 heavy (non-hydrogen) atoms. The molecule has 2 aliphatic carbocycles. The minimum absolute atomic E-state index is 0.0251. The lowest BCUT2D eigenvalue weighted by Crippen LogP contribution is -2.40. The van der Waals surface area contributed by atoms with E-state index in [0.717, 1.165) is 81.7 Å². The summed E-state index contributed by atoms with van der Waals surface area (Å²) in [5, 5.41) is 10.4. The Morgan fingerprint density at radius 1 is 0.635 bits per heavy atom. The van der Waals surface area contributed by atoms with Crippen molar-refractivity contribution in [3.8, 4) is 0 Å². The second kappa shape index (κ2) is 14.9. The molecule has 3 fully saturated rings. The van der Waals surface area contributed by atoms with E-state index in [1.165, 1.54) is 0 Å². The number of hydrogen-bond acceptors (Lipinski definition) is 9. The van der Waals surface area contributed by atoms with Gasteiger partial charge in [0.2, 0.25) is 5.91 Å². The third-order valence-corrected chi connectivity index (χ3v) is 13.1. The first-order valence-corrected chi connectivity index (χ1v) is 20.2. The van der Waals surface area contributed by atoms with Crippen LogP contribution in [0.3, 0.4) is 0 Å². The van der Waals surface area contributed by atoms with Gasteiger partial charge >= 0.3 is 0 Å². The number of allylic oxidation sites excluding steroid dienone is 2. The molecule has 2 saturated carbocycles. The highest BCUT2D eigenvalue weighted by Crippen LogP contribution is 2.34. The molecule has 10 nitrogen and oxygen atoms in total. The van der Waals surface area contributed by atoms with Gasteiger partial charge in [-0.3, -0.25) is 28.8 Å². The van der Waals surface area contributed by atoms with Crippen LogP contribution in [0.4, 0.5) is 0 Å². The topological polar surface area (TPSA) is 124 Å². The normalized spacial score (nSPS) is 24.2. The van der Waals surface area contributed by atoms with E-state index in [2.05, 4.69) is 25.1 Å². The quantitative estimate of drug-likeness (QED) is 0.236. The van der Waals surface area contributed by atoms with Crippen LogP contribution in [0.15, 0.2) is 70.2 Å². The molecule has 13 heteroatoms. The predicted molar refractivity (Wildman–Crippen MR) is 201 cm³/mol. The van der Waals surface area contributed by atoms with Crippen molar-refractivity contribution in [2.45, 2.75) is 95.5 Å². The summed E-state index contributed by atoms with van der Waals surface area (Å²) in [6.45, 7) is 13.3. The SMILES string of the molecule is C=C1CCC[C@@H](N2Cc3sccc3C2=O)C(=O)C1.C=C1CCC[C@H](N2Cc3cscc3C2=O)C(=O)C1.C=C1C[C@H](N2Cc3sccc3C2=O)C(=O)N1. The van der Waals surface area contributed by atoms with Crippen LogP contribution in [0, 0.1) is 0 Å². The average molecular weight is 757 g/mol. The lowest BCUT2D eigenvalue weighted by atomic mass is 10.1. The molecule has 0 radical (unpaired) electrons. The van der Waals surface area contributed by atoms with E-state index in [-0.39, 0.29) is 53.3 Å². The molecule has 0 aromatic carbocycles. The lowest BCUT2D eigenvalue weighted by Gasteiger charge is -2.25. The standard InChI is InChI=1S/2C14H15NO2S.C11H10N2O2S/c1-9-3-2-4-12(13(16)5-9)15-6-10-7-18-8-11(10)14(15)17;1-9-3-2-4-11(12(16)7-9)15-8-13-10(14(15)17)5-6-18-13;1-6-4-8(10(14)12-6)13-5-9-7(11(13)15)2-3-16-9/h7-8,12H,1-6H2;5-6,11H,1-4,7-8H2;2-3,8H,1,4-5H2,(H,12,14)/t12-;11-;8-/m010/s1. The third-order valence-electron chi connectivity index (χ3n) is 10.5. The maximum atomic E-state index is 12.3. The van der Waals surface area contributed by atoms with Gasteiger partial charge in [-0.15, -0.1) is 22.7 Å². The van der Waals surface area contributed by atoms with Crippen molar-refractivity contribution in [3.05, 3.63) is 102 Å². The number of rotatable bonds is 3. The second-order valence-electron chi connectivity index (χ2n) is 14.0. The van der Waals surface area contributed by atoms with Gasteiger partial charge in [0.25, 0.3) is 17.7 Å². The largest absolute Gasteiger partial charge is 0.328 e. The zero-order valence-corrected chi connectivity index (χ0v) is 31.3. The van der Waals surface area contributed by atoms with E-state index in [1.54, 1.807) is 48.7 Å². The summed E-state index contributed by atoms with van der Waals surface area (Å²) in [5.74, 6) is 0.203. The number of carbonyl (C=O) groups excluding carboxylic acids is 6. The molecule has 3 aromatic rings. The summed E-state index contributed by atoms with van der Waals surface area (Å²) in [7, 11) is 0. The number of nitrogens with one attached hydrogen (secondary N) is 1. The molecule has 0 bridgehead atoms. The van der Waals surface area contributed by atoms with Gasteiger partial charge in [-0.25, -0.2) is 0 Å². The summed E-state index contributed by atoms with van der Waals surface area (Å²) in [4.78, 5) is 79.8. The van der Waals surface area contributed by atoms with Crippen molar-refractivity contribution >= 4 is 69.2 Å². The zero-order valence-electron chi connectivity index (χ0n) is 28.8. The molecule has 0 spiro atoms. The Labute approximate surface area is 314 Å². The Bertz CT molecular complexity index is 1920. The van der Waals surface area contributed by atoms with Crippen molar-refractivity contribution in [3.63, 3.8) is 0 Å². The smallest absolute Gasteiger partial charge is 0.256 e. The summed E-state index contributed by atoms with van der Waals surface area (Å²) in [6, 6.07) is 2.83. The van der Waals surface area contributed by atoms with Gasteiger partial charge in [0.15, 0.2) is 11.6 Å². The number of carbonyl (C=O) groups is 6. The summed E-state index contributed by atoms with van der Waals surface area (Å²) in [6.07, 6.45) is 6.66. The molecule has 3 atom stereocenters. The van der Waals surface area contributed by atoms with E-state index in [9.17, 15) is 28.8 Å². The van der Waals surface area contributed by atoms with Crippen LogP contribution in [-0.4, -0.2) is 68.0 Å². The maximum Gasteiger partial charge on any atom is 0.256 e. The van der Waals surface area contributed by atoms with Crippen LogP contribution in [-0.2, 0) is 34.0 Å². The van der Waals surface area contributed by atoms with E-state index in [1.807, 2.05) is 33.7 Å². The molecule has 4 amide bonds. The molecular formula is C39H40N4O6S3. The molecule has 6 aliphatic rings. The fraction of sp³-hybridized carbons (Fsp3) is 0.385. The van der Waals surface area contributed by atoms with Gasteiger partial charge in [-0.1, -0.05) is 30.9 Å². The van der Waals surface area contributed by atoms with E-state index >= 15 is 0 Å². The highest BCUT2D eigenvalue weighted by atomic mass is 32.1. The van der Waals surface area contributed by atoms with Crippen molar-refractivity contribution in [2.24, 2.45) is 0 Å². The van der Waals surface area contributed by atoms with Gasteiger partial charge in [0, 0.05) is 46.6 Å². The number of thiophene rings is 3. The number of fused-ring (bicyclic) bond motifs is 3. The summed E-state index contributed by atoms with van der Waals surface area (Å²) >= 11 is 4.72. The van der Waals surface area contributed by atoms with Crippen molar-refractivity contribution in [1.29, 1.82) is 0 Å². The second-order valence-corrected chi connectivity index (χ2v) is 16.8. The molecule has 4 aliphatic heterocycles. The highest BCUT2D eigenvalue weighted by molar-refractivity contribution is 7.10. The fourth-order valence-electron chi connectivity index (χ4n) is 7.73. The Morgan fingerprint density at radius 2 is 1.13 bits per heavy atom. The van der Waals surface area contributed by atoms with E-state index < -0.39 is 0 Å². The maximum absolute atomic E-state index is 12.3. The van der Waals surface area contributed by atoms with Gasteiger partial charge < -0.3 is 20.0 Å². The van der Waals surface area contributed by atoms with Crippen LogP contribution in [0.2, 0.25) is 0 Å². The monoisotopic (exact) mass is 756 g/mol. The van der Waals surface area contributed by atoms with E-state index in [4.69, 9.17) is 0 Å². The first-order chi connectivity index (χ1) is 25.0. The molecular weight excluding hydrogens is 717 g/mol. The van der Waals surface area contributed by atoms with Gasteiger partial charge in [-0.05, 0) is 72.4 Å². The molecule has 9 rings (SSSR count). The molecule has 0 unspecified atom stereocenters. The van der Waals surface area contributed by atoms with E-state index in [0.29, 0.717) is 44.6 Å². The minimum Gasteiger partial charge on any atom is -0.328 e. The molecule has 7 heterocycles. The van der Waals surface area contributed by atoms with Gasteiger partial charge in [0.05, 0.1) is 41.9 Å². The van der Waals surface area contributed by atoms with Crippen LogP contribution in [0.1, 0.15) is 104 Å². The van der Waals surface area contributed by atoms with Gasteiger partial charge in [-0.2, -0.15) is 11.3 Å². The summed E-state index contributed by atoms with van der Waals surface area (Å²) < 4.78 is 0. The molecule has 1 saturated heterocycles. The van der Waals surface area contributed by atoms with Crippen molar-refractivity contribution in [1.82, 2.24) is 20.0 Å². The van der Waals surface area contributed by atoms with Crippen molar-refractivity contribution in [2.75, 3.05) is 0 Å². The average Bonchev–Trinajstić information content (AvgIpc) is 3.96. The number of Topliss-reactive ketones (excluding diaryl/α,β-unsaturated/α-hetero) is 2. The van der Waals surface area contributed by atoms with Gasteiger partial charge in [0.1, 0.15) is 6.04 Å². The number of hydrogen-bond donors (Lipinski definition) is 1. The summed E-state index contributed by atoms with van der Waals surface area (Å²) in [5.41, 5.74) is 6.09. The Hall–Kier alpha value is -4.46. The fourth-order valence-corrected chi connectivity index (χ4v) is 10.3. The van der Waals surface area contributed by atoms with Crippen LogP contribution < -0.4 is 5.32 Å². The predicted octanol–water partition coefficient (Wildman–Crippen LogP) is 6.65. The molecule has 1 N–H and O–H groups in total. The lowest BCUT2D eigenvalue weighted by molar-refractivity contribution is -0.123. The number of nitrogens with zero attached hydrogens (tertiary/aromatic N) is 3. The highest BCUT2D eigenvalue weighted by Gasteiger charge is 2.41. The number of ketones is 2. The van der Waals surface area contributed by atoms with Crippen molar-refractivity contribution < 1.29 is 28.8 Å². The number of amides is 4. The van der Waals surface area contributed by atoms with Crippen LogP contribution >= 0.6 is 34.0 Å². The first kappa shape index (κ1) is 35.9. The Kier molecular flexibility index (Phi) is 10.3. The third kappa shape index (κ3) is 7.01. The zero-order chi connectivity index (χ0) is 36.7.